The van der Waals surface area contributed by atoms with Gasteiger partial charge >= 0.3 is 0 Å². The third kappa shape index (κ3) is 1.96. The highest BCUT2D eigenvalue weighted by Gasteiger charge is 2.45. The van der Waals surface area contributed by atoms with E-state index in [-0.39, 0.29) is 12.2 Å². The lowest BCUT2D eigenvalue weighted by molar-refractivity contribution is -0.115. The van der Waals surface area contributed by atoms with E-state index >= 15 is 0 Å². The number of ether oxygens (including phenoxy) is 1. The van der Waals surface area contributed by atoms with Crippen LogP contribution < -0.4 is 0 Å². The summed E-state index contributed by atoms with van der Waals surface area (Å²) in [6, 6.07) is 9.97. The molecule has 2 unspecified atom stereocenters. The van der Waals surface area contributed by atoms with E-state index in [1.165, 1.54) is 0 Å². The zero-order valence-electron chi connectivity index (χ0n) is 11.3. The van der Waals surface area contributed by atoms with Crippen LogP contribution in [0, 0.1) is 0 Å². The normalized spacial score (nSPS) is 32.5. The van der Waals surface area contributed by atoms with Crippen molar-refractivity contribution in [2.45, 2.75) is 43.5 Å². The minimum Gasteiger partial charge on any atom is -0.385 e. The molecular weight excluding hydrogens is 252 g/mol. The number of hydrogen-bond donors (Lipinski definition) is 1. The maximum Gasteiger partial charge on any atom is 0.0976 e. The van der Waals surface area contributed by atoms with Crippen molar-refractivity contribution in [3.05, 3.63) is 48.3 Å². The second kappa shape index (κ2) is 4.43. The van der Waals surface area contributed by atoms with Crippen LogP contribution in [0.4, 0.5) is 0 Å². The van der Waals surface area contributed by atoms with Crippen LogP contribution in [-0.2, 0) is 10.3 Å². The van der Waals surface area contributed by atoms with E-state index in [0.717, 1.165) is 24.1 Å². The largest absolute Gasteiger partial charge is 0.385 e. The predicted molar refractivity (Wildman–Crippen MR) is 74.6 cm³/mol. The van der Waals surface area contributed by atoms with Crippen LogP contribution in [0.2, 0.25) is 0 Å². The lowest BCUT2D eigenvalue weighted by Gasteiger charge is -2.35. The third-order valence-corrected chi connectivity index (χ3v) is 4.47. The van der Waals surface area contributed by atoms with Crippen LogP contribution in [0.5, 0.6) is 0 Å². The number of hydrogen-bond acceptors (Lipinski definition) is 3. The van der Waals surface area contributed by atoms with E-state index in [1.54, 1.807) is 6.20 Å². The zero-order chi connectivity index (χ0) is 13.6. The van der Waals surface area contributed by atoms with Gasteiger partial charge in [-0.3, -0.25) is 0 Å². The first-order valence-electron chi connectivity index (χ1n) is 7.21. The van der Waals surface area contributed by atoms with Crippen LogP contribution in [0.15, 0.2) is 42.7 Å². The Labute approximate surface area is 118 Å². The van der Waals surface area contributed by atoms with Crippen molar-refractivity contribution in [1.29, 1.82) is 0 Å². The molecule has 2 fully saturated rings. The highest BCUT2D eigenvalue weighted by molar-refractivity contribution is 5.32. The minimum atomic E-state index is -0.781. The maximum atomic E-state index is 11.0. The molecule has 4 rings (SSSR count). The van der Waals surface area contributed by atoms with Crippen molar-refractivity contribution < 1.29 is 9.84 Å². The van der Waals surface area contributed by atoms with Crippen molar-refractivity contribution >= 4 is 0 Å². The third-order valence-electron chi connectivity index (χ3n) is 4.47. The summed E-state index contributed by atoms with van der Waals surface area (Å²) in [6.07, 6.45) is 7.66. The van der Waals surface area contributed by atoms with Gasteiger partial charge in [0.15, 0.2) is 0 Å². The first-order chi connectivity index (χ1) is 9.73. The lowest BCUT2D eigenvalue weighted by atomic mass is 9.85. The number of para-hydroxylation sites is 1. The van der Waals surface area contributed by atoms with Crippen molar-refractivity contribution in [3.63, 3.8) is 0 Å². The summed E-state index contributed by atoms with van der Waals surface area (Å²) >= 11 is 0. The van der Waals surface area contributed by atoms with Gasteiger partial charge in [-0.15, -0.1) is 0 Å². The monoisotopic (exact) mass is 270 g/mol. The molecule has 3 heterocycles. The van der Waals surface area contributed by atoms with Gasteiger partial charge < -0.3 is 9.84 Å². The van der Waals surface area contributed by atoms with Gasteiger partial charge in [-0.25, -0.2) is 4.68 Å². The molecule has 1 aromatic heterocycles. The van der Waals surface area contributed by atoms with Gasteiger partial charge in [-0.05, 0) is 25.0 Å². The smallest absolute Gasteiger partial charge is 0.0976 e. The summed E-state index contributed by atoms with van der Waals surface area (Å²) in [6.45, 7) is 0. The van der Waals surface area contributed by atoms with E-state index in [9.17, 15) is 5.11 Å². The molecule has 0 radical (unpaired) electrons. The standard InChI is InChI=1S/C16H18N2O2/c19-16(8-14-6-7-15(9-16)20-14)12-10-17-18(11-12)13-4-2-1-3-5-13/h1-5,10-11,14-15,19H,6-9H2. The predicted octanol–water partition coefficient (Wildman–Crippen LogP) is 2.40. The van der Waals surface area contributed by atoms with Crippen LogP contribution in [0.1, 0.15) is 31.2 Å². The second-order valence-electron chi connectivity index (χ2n) is 5.91. The Morgan fingerprint density at radius 3 is 2.55 bits per heavy atom. The number of benzene rings is 1. The molecule has 2 aliphatic heterocycles. The van der Waals surface area contributed by atoms with E-state index in [2.05, 4.69) is 5.10 Å². The van der Waals surface area contributed by atoms with Crippen molar-refractivity contribution in [3.8, 4) is 5.69 Å². The van der Waals surface area contributed by atoms with Gasteiger partial charge in [0.05, 0.1) is 29.7 Å². The Bertz CT molecular complexity index is 596. The molecule has 1 N–H and O–H groups in total. The van der Waals surface area contributed by atoms with Gasteiger partial charge in [0, 0.05) is 24.6 Å². The maximum absolute atomic E-state index is 11.0. The number of nitrogens with zero attached hydrogens (tertiary/aromatic N) is 2. The fraction of sp³-hybridized carbons (Fsp3) is 0.438. The topological polar surface area (TPSA) is 47.3 Å². The number of rotatable bonds is 2. The van der Waals surface area contributed by atoms with E-state index in [1.807, 2.05) is 41.2 Å². The van der Waals surface area contributed by atoms with Gasteiger partial charge in [0.2, 0.25) is 0 Å². The molecule has 4 heteroatoms. The molecule has 2 aromatic rings. The molecule has 0 aliphatic carbocycles. The summed E-state index contributed by atoms with van der Waals surface area (Å²) in [7, 11) is 0. The quantitative estimate of drug-likeness (QED) is 0.911. The molecule has 2 saturated heterocycles. The average Bonchev–Trinajstić information content (AvgIpc) is 3.08. The van der Waals surface area contributed by atoms with Crippen molar-refractivity contribution in [1.82, 2.24) is 9.78 Å². The summed E-state index contributed by atoms with van der Waals surface area (Å²) in [5.41, 5.74) is 1.14. The fourth-order valence-corrected chi connectivity index (χ4v) is 3.44. The summed E-state index contributed by atoms with van der Waals surface area (Å²) in [5.74, 6) is 0. The first kappa shape index (κ1) is 12.1. The molecule has 2 atom stereocenters. The van der Waals surface area contributed by atoms with Crippen LogP contribution >= 0.6 is 0 Å². The molecule has 20 heavy (non-hydrogen) atoms. The molecule has 4 nitrogen and oxygen atoms in total. The summed E-state index contributed by atoms with van der Waals surface area (Å²) in [5, 5.41) is 15.3. The molecule has 2 bridgehead atoms. The average molecular weight is 270 g/mol. The minimum absolute atomic E-state index is 0.207. The Hall–Kier alpha value is -1.65. The SMILES string of the molecule is OC1(c2cnn(-c3ccccc3)c2)CC2CCC(C1)O2. The van der Waals surface area contributed by atoms with Gasteiger partial charge in [-0.1, -0.05) is 18.2 Å². The Balaban J connectivity index is 1.65. The van der Waals surface area contributed by atoms with Gasteiger partial charge in [-0.2, -0.15) is 5.10 Å². The van der Waals surface area contributed by atoms with E-state index in [4.69, 9.17) is 4.74 Å². The number of fused-ring (bicyclic) bond motifs is 2. The van der Waals surface area contributed by atoms with Gasteiger partial charge in [0.1, 0.15) is 0 Å². The molecule has 0 amide bonds. The molecule has 0 saturated carbocycles. The lowest BCUT2D eigenvalue weighted by Crippen LogP contribution is -2.38. The molecular formula is C16H18N2O2. The van der Waals surface area contributed by atoms with Crippen LogP contribution in [0.25, 0.3) is 5.69 Å². The van der Waals surface area contributed by atoms with Crippen molar-refractivity contribution in [2.75, 3.05) is 0 Å². The zero-order valence-corrected chi connectivity index (χ0v) is 11.3. The second-order valence-corrected chi connectivity index (χ2v) is 5.91. The molecule has 1 aromatic carbocycles. The molecule has 104 valence electrons. The van der Waals surface area contributed by atoms with Crippen molar-refractivity contribution in [2.24, 2.45) is 0 Å². The molecule has 0 spiro atoms. The Kier molecular flexibility index (Phi) is 2.69. The summed E-state index contributed by atoms with van der Waals surface area (Å²) in [4.78, 5) is 0. The van der Waals surface area contributed by atoms with Gasteiger partial charge in [0.25, 0.3) is 0 Å². The first-order valence-corrected chi connectivity index (χ1v) is 7.21. The number of aromatic nitrogens is 2. The fourth-order valence-electron chi connectivity index (χ4n) is 3.44. The van der Waals surface area contributed by atoms with Crippen LogP contribution in [0.3, 0.4) is 0 Å². The Morgan fingerprint density at radius 2 is 1.85 bits per heavy atom. The highest BCUT2D eigenvalue weighted by Crippen LogP contribution is 2.43. The van der Waals surface area contributed by atoms with E-state index < -0.39 is 5.60 Å². The number of aliphatic hydroxyl groups is 1. The van der Waals surface area contributed by atoms with E-state index in [0.29, 0.717) is 12.8 Å². The summed E-state index contributed by atoms with van der Waals surface area (Å²) < 4.78 is 7.64. The van der Waals surface area contributed by atoms with Crippen LogP contribution in [-0.4, -0.2) is 27.1 Å². The highest BCUT2D eigenvalue weighted by atomic mass is 16.5. The Morgan fingerprint density at radius 1 is 1.15 bits per heavy atom. The molecule has 2 aliphatic rings.